The number of ether oxygens (including phenoxy) is 1. The summed E-state index contributed by atoms with van der Waals surface area (Å²) in [5.41, 5.74) is 6.13. The SMILES string of the molecule is Cc1c(N)ncnc1Oc1ccc(C#N)c(F)c1. The van der Waals surface area contributed by atoms with Crippen LogP contribution < -0.4 is 10.5 Å². The number of hydrogen-bond donors (Lipinski definition) is 1. The maximum Gasteiger partial charge on any atom is 0.227 e. The molecule has 0 fully saturated rings. The average Bonchev–Trinajstić information content (AvgIpc) is 2.35. The zero-order valence-electron chi connectivity index (χ0n) is 9.51. The molecule has 5 nitrogen and oxygen atoms in total. The van der Waals surface area contributed by atoms with E-state index in [4.69, 9.17) is 15.7 Å². The molecule has 0 bridgehead atoms. The number of anilines is 1. The second-order valence-electron chi connectivity index (χ2n) is 3.54. The normalized spacial score (nSPS) is 9.83. The molecule has 0 aliphatic carbocycles. The molecule has 0 amide bonds. The molecule has 2 N–H and O–H groups in total. The van der Waals surface area contributed by atoms with Crippen LogP contribution in [-0.4, -0.2) is 9.97 Å². The van der Waals surface area contributed by atoms with E-state index < -0.39 is 5.82 Å². The lowest BCUT2D eigenvalue weighted by atomic mass is 10.2. The van der Waals surface area contributed by atoms with Crippen molar-refractivity contribution in [3.8, 4) is 17.7 Å². The first kappa shape index (κ1) is 11.8. The summed E-state index contributed by atoms with van der Waals surface area (Å²) < 4.78 is 18.8. The molecule has 1 aromatic carbocycles. The Morgan fingerprint density at radius 3 is 2.83 bits per heavy atom. The van der Waals surface area contributed by atoms with Crippen LogP contribution in [0.3, 0.4) is 0 Å². The van der Waals surface area contributed by atoms with Gasteiger partial charge in [-0.15, -0.1) is 0 Å². The lowest BCUT2D eigenvalue weighted by Gasteiger charge is -2.08. The van der Waals surface area contributed by atoms with Crippen LogP contribution in [0.2, 0.25) is 0 Å². The number of halogens is 1. The lowest BCUT2D eigenvalue weighted by Crippen LogP contribution is -1.99. The Bertz CT molecular complexity index is 636. The highest BCUT2D eigenvalue weighted by Gasteiger charge is 2.09. The number of aromatic nitrogens is 2. The van der Waals surface area contributed by atoms with Gasteiger partial charge < -0.3 is 10.5 Å². The minimum absolute atomic E-state index is 0.0405. The van der Waals surface area contributed by atoms with E-state index >= 15 is 0 Å². The molecule has 90 valence electrons. The van der Waals surface area contributed by atoms with E-state index in [1.807, 2.05) is 0 Å². The van der Waals surface area contributed by atoms with Crippen molar-refractivity contribution in [3.63, 3.8) is 0 Å². The Hall–Kier alpha value is -2.68. The van der Waals surface area contributed by atoms with E-state index in [9.17, 15) is 4.39 Å². The number of hydrogen-bond acceptors (Lipinski definition) is 5. The fourth-order valence-electron chi connectivity index (χ4n) is 1.31. The highest BCUT2D eigenvalue weighted by Crippen LogP contribution is 2.25. The summed E-state index contributed by atoms with van der Waals surface area (Å²) in [5.74, 6) is 0.156. The predicted octanol–water partition coefficient (Wildman–Crippen LogP) is 2.17. The number of rotatable bonds is 2. The molecular formula is C12H9FN4O. The molecule has 1 aromatic heterocycles. The maximum absolute atomic E-state index is 13.4. The molecular weight excluding hydrogens is 235 g/mol. The molecule has 18 heavy (non-hydrogen) atoms. The van der Waals surface area contributed by atoms with Gasteiger partial charge in [0, 0.05) is 6.07 Å². The first-order chi connectivity index (χ1) is 8.61. The topological polar surface area (TPSA) is 84.8 Å². The first-order valence-electron chi connectivity index (χ1n) is 5.06. The summed E-state index contributed by atoms with van der Waals surface area (Å²) in [6, 6.07) is 5.68. The minimum Gasteiger partial charge on any atom is -0.438 e. The second kappa shape index (κ2) is 4.67. The van der Waals surface area contributed by atoms with Crippen molar-refractivity contribution in [2.24, 2.45) is 0 Å². The summed E-state index contributed by atoms with van der Waals surface area (Å²) >= 11 is 0. The summed E-state index contributed by atoms with van der Waals surface area (Å²) in [4.78, 5) is 7.70. The van der Waals surface area contributed by atoms with Crippen LogP contribution in [0.25, 0.3) is 0 Å². The second-order valence-corrected chi connectivity index (χ2v) is 3.54. The van der Waals surface area contributed by atoms with Crippen molar-refractivity contribution in [2.45, 2.75) is 6.92 Å². The summed E-state index contributed by atoms with van der Waals surface area (Å²) in [7, 11) is 0. The Kier molecular flexibility index (Phi) is 3.06. The molecule has 0 atom stereocenters. The molecule has 0 saturated heterocycles. The smallest absolute Gasteiger partial charge is 0.227 e. The van der Waals surface area contributed by atoms with Gasteiger partial charge in [0.2, 0.25) is 5.88 Å². The summed E-state index contributed by atoms with van der Waals surface area (Å²) in [6.45, 7) is 1.70. The van der Waals surface area contributed by atoms with Crippen LogP contribution in [0, 0.1) is 24.1 Å². The Balaban J connectivity index is 2.32. The molecule has 0 aliphatic rings. The van der Waals surface area contributed by atoms with Gasteiger partial charge in [0.25, 0.3) is 0 Å². The fraction of sp³-hybridized carbons (Fsp3) is 0.0833. The van der Waals surface area contributed by atoms with Crippen LogP contribution in [0.1, 0.15) is 11.1 Å². The molecule has 0 radical (unpaired) electrons. The maximum atomic E-state index is 13.4. The fourth-order valence-corrected chi connectivity index (χ4v) is 1.31. The third kappa shape index (κ3) is 2.20. The monoisotopic (exact) mass is 244 g/mol. The van der Waals surface area contributed by atoms with Crippen molar-refractivity contribution < 1.29 is 9.13 Å². The van der Waals surface area contributed by atoms with Crippen molar-refractivity contribution in [1.82, 2.24) is 9.97 Å². The van der Waals surface area contributed by atoms with E-state index in [2.05, 4.69) is 9.97 Å². The highest BCUT2D eigenvalue weighted by atomic mass is 19.1. The quantitative estimate of drug-likeness (QED) is 0.875. The van der Waals surface area contributed by atoms with Gasteiger partial charge in [-0.1, -0.05) is 0 Å². The Morgan fingerprint density at radius 1 is 1.39 bits per heavy atom. The molecule has 6 heteroatoms. The lowest BCUT2D eigenvalue weighted by molar-refractivity contribution is 0.453. The first-order valence-corrected chi connectivity index (χ1v) is 5.06. The Labute approximate surface area is 103 Å². The van der Waals surface area contributed by atoms with Crippen molar-refractivity contribution in [1.29, 1.82) is 5.26 Å². The van der Waals surface area contributed by atoms with Crippen LogP contribution in [-0.2, 0) is 0 Å². The molecule has 0 aliphatic heterocycles. The van der Waals surface area contributed by atoms with E-state index in [1.165, 1.54) is 18.5 Å². The van der Waals surface area contributed by atoms with E-state index in [0.717, 1.165) is 6.07 Å². The zero-order valence-corrected chi connectivity index (χ0v) is 9.51. The standard InChI is InChI=1S/C12H9FN4O/c1-7-11(15)16-6-17-12(7)18-9-3-2-8(5-14)10(13)4-9/h2-4,6H,1H3,(H2,15,16,17). The van der Waals surface area contributed by atoms with Crippen LogP contribution in [0.15, 0.2) is 24.5 Å². The summed E-state index contributed by atoms with van der Waals surface area (Å²) in [6.07, 6.45) is 1.26. The van der Waals surface area contributed by atoms with Gasteiger partial charge in [0.15, 0.2) is 0 Å². The number of benzene rings is 1. The minimum atomic E-state index is -0.644. The molecule has 0 unspecified atom stereocenters. The van der Waals surface area contributed by atoms with E-state index in [-0.39, 0.29) is 17.2 Å². The largest absolute Gasteiger partial charge is 0.438 e. The van der Waals surface area contributed by atoms with Crippen molar-refractivity contribution in [3.05, 3.63) is 41.5 Å². The molecule has 1 heterocycles. The number of nitriles is 1. The highest BCUT2D eigenvalue weighted by molar-refractivity contribution is 5.45. The average molecular weight is 244 g/mol. The number of nitrogens with zero attached hydrogens (tertiary/aromatic N) is 3. The van der Waals surface area contributed by atoms with E-state index in [1.54, 1.807) is 13.0 Å². The van der Waals surface area contributed by atoms with Crippen LogP contribution >= 0.6 is 0 Å². The third-order valence-electron chi connectivity index (χ3n) is 2.35. The van der Waals surface area contributed by atoms with Gasteiger partial charge in [-0.25, -0.2) is 14.4 Å². The van der Waals surface area contributed by atoms with Crippen LogP contribution in [0.5, 0.6) is 11.6 Å². The molecule has 2 rings (SSSR count). The van der Waals surface area contributed by atoms with Gasteiger partial charge in [0.1, 0.15) is 29.8 Å². The number of nitrogens with two attached hydrogens (primary N) is 1. The van der Waals surface area contributed by atoms with Gasteiger partial charge in [-0.3, -0.25) is 0 Å². The van der Waals surface area contributed by atoms with Gasteiger partial charge in [0.05, 0.1) is 11.1 Å². The van der Waals surface area contributed by atoms with Gasteiger partial charge in [-0.05, 0) is 19.1 Å². The molecule has 2 aromatic rings. The molecule has 0 spiro atoms. The van der Waals surface area contributed by atoms with E-state index in [0.29, 0.717) is 11.4 Å². The Morgan fingerprint density at radius 2 is 2.17 bits per heavy atom. The predicted molar refractivity (Wildman–Crippen MR) is 62.4 cm³/mol. The van der Waals surface area contributed by atoms with Crippen molar-refractivity contribution in [2.75, 3.05) is 5.73 Å². The molecule has 0 saturated carbocycles. The zero-order chi connectivity index (χ0) is 13.1. The third-order valence-corrected chi connectivity index (χ3v) is 2.35. The number of nitrogen functional groups attached to an aromatic ring is 1. The van der Waals surface area contributed by atoms with Gasteiger partial charge in [-0.2, -0.15) is 5.26 Å². The van der Waals surface area contributed by atoms with Crippen molar-refractivity contribution >= 4 is 5.82 Å². The van der Waals surface area contributed by atoms with Gasteiger partial charge >= 0.3 is 0 Å². The van der Waals surface area contributed by atoms with Crippen LogP contribution in [0.4, 0.5) is 10.2 Å². The summed E-state index contributed by atoms with van der Waals surface area (Å²) in [5, 5.41) is 8.61.